The SMILES string of the molecule is O=C(NCC/C(C(=O)O)=C(/CCNC(=O)Oc1ccccc1)C(=O)O)Oc1ccccc1. The van der Waals surface area contributed by atoms with Crippen molar-refractivity contribution < 1.29 is 38.9 Å². The number of carboxylic acid groups (broad SMARTS) is 2. The largest absolute Gasteiger partial charge is 0.478 e. The Hall–Kier alpha value is -4.34. The Morgan fingerprint density at radius 3 is 1.28 bits per heavy atom. The summed E-state index contributed by atoms with van der Waals surface area (Å²) in [5, 5.41) is 23.6. The summed E-state index contributed by atoms with van der Waals surface area (Å²) < 4.78 is 10.0. The summed E-state index contributed by atoms with van der Waals surface area (Å²) in [5.41, 5.74) is -0.786. The summed E-state index contributed by atoms with van der Waals surface area (Å²) in [7, 11) is 0. The van der Waals surface area contributed by atoms with E-state index in [-0.39, 0.29) is 25.9 Å². The lowest BCUT2D eigenvalue weighted by atomic mass is 10.0. The van der Waals surface area contributed by atoms with Crippen LogP contribution in [0, 0.1) is 0 Å². The van der Waals surface area contributed by atoms with Gasteiger partial charge in [-0.2, -0.15) is 0 Å². The van der Waals surface area contributed by atoms with Gasteiger partial charge in [0.1, 0.15) is 11.5 Å². The minimum Gasteiger partial charge on any atom is -0.478 e. The van der Waals surface area contributed by atoms with E-state index < -0.39 is 35.3 Å². The second-order valence-corrected chi connectivity index (χ2v) is 6.33. The third-order valence-electron chi connectivity index (χ3n) is 4.08. The molecule has 0 unspecified atom stereocenters. The third kappa shape index (κ3) is 8.19. The van der Waals surface area contributed by atoms with Crippen LogP contribution in [0.4, 0.5) is 9.59 Å². The van der Waals surface area contributed by atoms with Crippen molar-refractivity contribution in [2.45, 2.75) is 12.8 Å². The summed E-state index contributed by atoms with van der Waals surface area (Å²) in [5.74, 6) is -2.27. The van der Waals surface area contributed by atoms with Gasteiger partial charge in [0.05, 0.1) is 0 Å². The van der Waals surface area contributed by atoms with E-state index in [4.69, 9.17) is 9.47 Å². The van der Waals surface area contributed by atoms with Crippen molar-refractivity contribution >= 4 is 24.1 Å². The first kappa shape index (κ1) is 23.9. The second kappa shape index (κ2) is 12.4. The van der Waals surface area contributed by atoms with Crippen molar-refractivity contribution in [1.29, 1.82) is 0 Å². The number of benzene rings is 2. The maximum Gasteiger partial charge on any atom is 0.412 e. The van der Waals surface area contributed by atoms with Gasteiger partial charge in [-0.25, -0.2) is 19.2 Å². The highest BCUT2D eigenvalue weighted by Gasteiger charge is 2.20. The van der Waals surface area contributed by atoms with Gasteiger partial charge in [0.25, 0.3) is 0 Å². The zero-order valence-corrected chi connectivity index (χ0v) is 16.9. The average molecular weight is 442 g/mol. The Morgan fingerprint density at radius 1 is 0.625 bits per heavy atom. The van der Waals surface area contributed by atoms with Crippen molar-refractivity contribution in [3.63, 3.8) is 0 Å². The molecule has 32 heavy (non-hydrogen) atoms. The van der Waals surface area contributed by atoms with E-state index in [9.17, 15) is 29.4 Å². The summed E-state index contributed by atoms with van der Waals surface area (Å²) >= 11 is 0. The van der Waals surface area contributed by atoms with Crippen LogP contribution in [-0.4, -0.2) is 47.4 Å². The molecule has 0 fully saturated rings. The molecule has 0 saturated heterocycles. The van der Waals surface area contributed by atoms with E-state index in [1.807, 2.05) is 0 Å². The van der Waals surface area contributed by atoms with E-state index in [1.165, 1.54) is 0 Å². The maximum atomic E-state index is 11.8. The van der Waals surface area contributed by atoms with Gasteiger partial charge < -0.3 is 30.3 Å². The third-order valence-corrected chi connectivity index (χ3v) is 4.08. The normalized spacial score (nSPS) is 11.0. The van der Waals surface area contributed by atoms with Gasteiger partial charge in [0, 0.05) is 24.2 Å². The van der Waals surface area contributed by atoms with Crippen LogP contribution in [0.1, 0.15) is 12.8 Å². The quantitative estimate of drug-likeness (QED) is 0.410. The molecule has 0 atom stereocenters. The minimum absolute atomic E-state index is 0.159. The zero-order chi connectivity index (χ0) is 23.3. The van der Waals surface area contributed by atoms with Crippen LogP contribution in [0.25, 0.3) is 0 Å². The molecule has 0 bridgehead atoms. The Balaban J connectivity index is 1.89. The van der Waals surface area contributed by atoms with Gasteiger partial charge in [-0.05, 0) is 37.1 Å². The number of carbonyl (C=O) groups excluding carboxylic acids is 2. The van der Waals surface area contributed by atoms with Crippen molar-refractivity contribution in [3.8, 4) is 11.5 Å². The Labute approximate surface area is 183 Å². The van der Waals surface area contributed by atoms with Crippen LogP contribution in [0.2, 0.25) is 0 Å². The van der Waals surface area contributed by atoms with Gasteiger partial charge in [-0.1, -0.05) is 36.4 Å². The molecule has 2 rings (SSSR count). The number of amides is 2. The molecule has 4 N–H and O–H groups in total. The summed E-state index contributed by atoms with van der Waals surface area (Å²) in [4.78, 5) is 46.7. The number of carboxylic acids is 2. The van der Waals surface area contributed by atoms with Crippen molar-refractivity contribution in [3.05, 3.63) is 71.8 Å². The Kier molecular flexibility index (Phi) is 9.26. The molecule has 2 aromatic rings. The lowest BCUT2D eigenvalue weighted by Crippen LogP contribution is -2.30. The zero-order valence-electron chi connectivity index (χ0n) is 16.9. The standard InChI is InChI=1S/C22H22N2O8/c25-19(26)17(11-13-23-21(29)31-15-7-3-1-4-8-15)18(20(27)28)12-14-24-22(30)32-16-9-5-2-6-10-16/h1-10H,11-14H2,(H,23,29)(H,24,30)(H,25,26)(H,27,28)/b18-17+. The van der Waals surface area contributed by atoms with Crippen LogP contribution in [-0.2, 0) is 9.59 Å². The first-order valence-corrected chi connectivity index (χ1v) is 9.57. The predicted molar refractivity (Wildman–Crippen MR) is 112 cm³/mol. The highest BCUT2D eigenvalue weighted by molar-refractivity contribution is 5.98. The first-order chi connectivity index (χ1) is 15.4. The molecule has 0 radical (unpaired) electrons. The van der Waals surface area contributed by atoms with Gasteiger partial charge in [0.15, 0.2) is 0 Å². The van der Waals surface area contributed by atoms with Crippen LogP contribution in [0.15, 0.2) is 71.8 Å². The predicted octanol–water partition coefficient (Wildman–Crippen LogP) is 2.81. The van der Waals surface area contributed by atoms with Crippen LogP contribution in [0.3, 0.4) is 0 Å². The van der Waals surface area contributed by atoms with E-state index in [1.54, 1.807) is 60.7 Å². The molecule has 0 aliphatic heterocycles. The van der Waals surface area contributed by atoms with Crippen molar-refractivity contribution in [1.82, 2.24) is 10.6 Å². The Morgan fingerprint density at radius 2 is 0.969 bits per heavy atom. The molecule has 10 heteroatoms. The number of hydrogen-bond donors (Lipinski definition) is 4. The average Bonchev–Trinajstić information content (AvgIpc) is 2.76. The number of hydrogen-bond acceptors (Lipinski definition) is 6. The monoisotopic (exact) mass is 442 g/mol. The maximum absolute atomic E-state index is 11.8. The number of ether oxygens (including phenoxy) is 2. The molecule has 0 heterocycles. The number of aliphatic carboxylic acids is 2. The minimum atomic E-state index is -1.44. The molecular formula is C22H22N2O8. The van der Waals surface area contributed by atoms with E-state index in [0.717, 1.165) is 0 Å². The van der Waals surface area contributed by atoms with Crippen LogP contribution >= 0.6 is 0 Å². The molecular weight excluding hydrogens is 420 g/mol. The number of nitrogens with one attached hydrogen (secondary N) is 2. The topological polar surface area (TPSA) is 151 Å². The fourth-order valence-corrected chi connectivity index (χ4v) is 2.62. The van der Waals surface area contributed by atoms with Gasteiger partial charge >= 0.3 is 24.1 Å². The van der Waals surface area contributed by atoms with E-state index >= 15 is 0 Å². The van der Waals surface area contributed by atoms with E-state index in [2.05, 4.69) is 10.6 Å². The van der Waals surface area contributed by atoms with Gasteiger partial charge in [0.2, 0.25) is 0 Å². The summed E-state index contributed by atoms with van der Waals surface area (Å²) in [6.07, 6.45) is -2.11. The molecule has 0 aliphatic carbocycles. The van der Waals surface area contributed by atoms with Gasteiger partial charge in [-0.15, -0.1) is 0 Å². The summed E-state index contributed by atoms with van der Waals surface area (Å²) in [6.45, 7) is -0.318. The van der Waals surface area contributed by atoms with E-state index in [0.29, 0.717) is 11.5 Å². The number of para-hydroxylation sites is 2. The second-order valence-electron chi connectivity index (χ2n) is 6.33. The fraction of sp³-hybridized carbons (Fsp3) is 0.182. The van der Waals surface area contributed by atoms with Crippen LogP contribution in [0.5, 0.6) is 11.5 Å². The smallest absolute Gasteiger partial charge is 0.412 e. The number of carbonyl (C=O) groups is 4. The lowest BCUT2D eigenvalue weighted by Gasteiger charge is -2.11. The van der Waals surface area contributed by atoms with Crippen LogP contribution < -0.4 is 20.1 Å². The molecule has 0 spiro atoms. The molecule has 168 valence electrons. The Bertz CT molecular complexity index is 894. The summed E-state index contributed by atoms with van der Waals surface area (Å²) in [6, 6.07) is 16.5. The highest BCUT2D eigenvalue weighted by Crippen LogP contribution is 2.14. The molecule has 10 nitrogen and oxygen atoms in total. The number of rotatable bonds is 10. The molecule has 0 aliphatic rings. The van der Waals surface area contributed by atoms with Crippen molar-refractivity contribution in [2.75, 3.05) is 13.1 Å². The lowest BCUT2D eigenvalue weighted by molar-refractivity contribution is -0.136. The molecule has 2 aromatic carbocycles. The van der Waals surface area contributed by atoms with Crippen molar-refractivity contribution in [2.24, 2.45) is 0 Å². The van der Waals surface area contributed by atoms with Gasteiger partial charge in [-0.3, -0.25) is 0 Å². The molecule has 2 amide bonds. The molecule has 0 aromatic heterocycles. The molecule has 0 saturated carbocycles. The highest BCUT2D eigenvalue weighted by atomic mass is 16.6. The fourth-order valence-electron chi connectivity index (χ4n) is 2.62. The first-order valence-electron chi connectivity index (χ1n) is 9.57.